The van der Waals surface area contributed by atoms with Gasteiger partial charge in [-0.1, -0.05) is 6.07 Å². The highest BCUT2D eigenvalue weighted by atomic mass is 16.5. The average molecular weight is 299 g/mol. The molecular weight excluding hydrogens is 278 g/mol. The third kappa shape index (κ3) is 3.24. The van der Waals surface area contributed by atoms with Crippen LogP contribution in [0.25, 0.3) is 0 Å². The molecule has 2 fully saturated rings. The van der Waals surface area contributed by atoms with Crippen LogP contribution in [-0.4, -0.2) is 19.5 Å². The van der Waals surface area contributed by atoms with E-state index in [1.807, 2.05) is 18.2 Å². The van der Waals surface area contributed by atoms with Crippen LogP contribution in [0.3, 0.4) is 0 Å². The third-order valence-corrected chi connectivity index (χ3v) is 4.63. The molecule has 0 bridgehead atoms. The maximum absolute atomic E-state index is 11.7. The van der Waals surface area contributed by atoms with Crippen LogP contribution in [0.2, 0.25) is 0 Å². The average Bonchev–Trinajstić information content (AvgIpc) is 3.37. The first-order valence-corrected chi connectivity index (χ1v) is 7.94. The van der Waals surface area contributed by atoms with Gasteiger partial charge in [-0.2, -0.15) is 5.26 Å². The van der Waals surface area contributed by atoms with E-state index in [4.69, 9.17) is 14.7 Å². The van der Waals surface area contributed by atoms with E-state index in [-0.39, 0.29) is 11.7 Å². The normalized spacial score (nSPS) is 24.6. The van der Waals surface area contributed by atoms with Crippen molar-refractivity contribution >= 4 is 5.78 Å². The molecule has 4 nitrogen and oxygen atoms in total. The molecule has 2 aliphatic carbocycles. The Kier molecular flexibility index (Phi) is 4.33. The number of carbonyl (C=O) groups excluding carboxylic acids is 1. The number of benzene rings is 1. The maximum atomic E-state index is 11.7. The van der Waals surface area contributed by atoms with Crippen molar-refractivity contribution in [1.29, 1.82) is 5.26 Å². The predicted octanol–water partition coefficient (Wildman–Crippen LogP) is 3.46. The summed E-state index contributed by atoms with van der Waals surface area (Å²) < 4.78 is 11.3. The van der Waals surface area contributed by atoms with Crippen LogP contribution in [0.15, 0.2) is 18.2 Å². The van der Waals surface area contributed by atoms with Gasteiger partial charge < -0.3 is 9.47 Å². The lowest BCUT2D eigenvalue weighted by Crippen LogP contribution is -2.22. The summed E-state index contributed by atoms with van der Waals surface area (Å²) >= 11 is 0. The second-order valence-corrected chi connectivity index (χ2v) is 6.28. The van der Waals surface area contributed by atoms with Crippen molar-refractivity contribution in [2.24, 2.45) is 11.8 Å². The molecule has 0 N–H and O–H groups in total. The second-order valence-electron chi connectivity index (χ2n) is 6.28. The lowest BCUT2D eigenvalue weighted by atomic mass is 9.78. The van der Waals surface area contributed by atoms with Gasteiger partial charge in [-0.15, -0.1) is 0 Å². The standard InChI is InChI=1S/C18H21NO3/c1-21-17-7-5-14(9-18(17)22-11-12-2-3-12)13-4-6-16(20)15(8-13)10-19/h5,7,9,12-13,15H,2-4,6,8,11H2,1H3. The third-order valence-electron chi connectivity index (χ3n) is 4.63. The fourth-order valence-corrected chi connectivity index (χ4v) is 3.00. The number of ether oxygens (including phenoxy) is 2. The first kappa shape index (κ1) is 14.9. The van der Waals surface area contributed by atoms with Crippen molar-refractivity contribution in [3.05, 3.63) is 23.8 Å². The van der Waals surface area contributed by atoms with E-state index in [1.54, 1.807) is 7.11 Å². The number of nitriles is 1. The van der Waals surface area contributed by atoms with E-state index in [9.17, 15) is 4.79 Å². The van der Waals surface area contributed by atoms with Gasteiger partial charge in [0.2, 0.25) is 0 Å². The van der Waals surface area contributed by atoms with Gasteiger partial charge in [-0.05, 0) is 55.2 Å². The first-order chi connectivity index (χ1) is 10.7. The number of hydrogen-bond donors (Lipinski definition) is 0. The van der Waals surface area contributed by atoms with E-state index < -0.39 is 5.92 Å². The van der Waals surface area contributed by atoms with Crippen molar-refractivity contribution in [2.75, 3.05) is 13.7 Å². The minimum Gasteiger partial charge on any atom is -0.493 e. The van der Waals surface area contributed by atoms with Crippen LogP contribution in [0.5, 0.6) is 11.5 Å². The van der Waals surface area contributed by atoms with Crippen LogP contribution >= 0.6 is 0 Å². The zero-order chi connectivity index (χ0) is 15.5. The van der Waals surface area contributed by atoms with Crippen LogP contribution in [0.1, 0.15) is 43.6 Å². The Bertz CT molecular complexity index is 601. The fourth-order valence-electron chi connectivity index (χ4n) is 3.00. The molecule has 0 saturated heterocycles. The summed E-state index contributed by atoms with van der Waals surface area (Å²) in [5.74, 6) is 2.07. The predicted molar refractivity (Wildman–Crippen MR) is 81.9 cm³/mol. The zero-order valence-electron chi connectivity index (χ0n) is 12.9. The molecule has 2 aliphatic rings. The number of ketones is 1. The summed E-state index contributed by atoms with van der Waals surface area (Å²) in [6.45, 7) is 0.740. The van der Waals surface area contributed by atoms with Crippen LogP contribution < -0.4 is 9.47 Å². The molecule has 116 valence electrons. The number of rotatable bonds is 5. The van der Waals surface area contributed by atoms with Gasteiger partial charge in [0, 0.05) is 6.42 Å². The van der Waals surface area contributed by atoms with E-state index in [1.165, 1.54) is 12.8 Å². The maximum Gasteiger partial charge on any atom is 0.161 e. The summed E-state index contributed by atoms with van der Waals surface area (Å²) in [6.07, 6.45) is 4.41. The molecule has 0 aromatic heterocycles. The lowest BCUT2D eigenvalue weighted by molar-refractivity contribution is -0.123. The zero-order valence-corrected chi connectivity index (χ0v) is 12.9. The number of carbonyl (C=O) groups is 1. The molecule has 1 aromatic carbocycles. The van der Waals surface area contributed by atoms with Crippen molar-refractivity contribution < 1.29 is 14.3 Å². The minimum atomic E-state index is -0.461. The molecule has 0 spiro atoms. The highest BCUT2D eigenvalue weighted by molar-refractivity contribution is 5.84. The molecule has 2 unspecified atom stereocenters. The van der Waals surface area contributed by atoms with Gasteiger partial charge in [0.15, 0.2) is 11.5 Å². The summed E-state index contributed by atoms with van der Waals surface area (Å²) in [6, 6.07) is 8.11. The number of methoxy groups -OCH3 is 1. The number of hydrogen-bond acceptors (Lipinski definition) is 4. The van der Waals surface area contributed by atoms with E-state index in [0.717, 1.165) is 30.1 Å². The Morgan fingerprint density at radius 1 is 1.27 bits per heavy atom. The lowest BCUT2D eigenvalue weighted by Gasteiger charge is -2.25. The molecule has 4 heteroatoms. The van der Waals surface area contributed by atoms with Crippen molar-refractivity contribution in [2.45, 2.75) is 38.0 Å². The highest BCUT2D eigenvalue weighted by Gasteiger charge is 2.30. The van der Waals surface area contributed by atoms with Gasteiger partial charge in [0.05, 0.1) is 19.8 Å². The SMILES string of the molecule is COc1ccc(C2CCC(=O)C(C#N)C2)cc1OCC1CC1. The quantitative estimate of drug-likeness (QED) is 0.835. The highest BCUT2D eigenvalue weighted by Crippen LogP contribution is 2.39. The van der Waals surface area contributed by atoms with Crippen LogP contribution in [0, 0.1) is 23.2 Å². The molecule has 3 rings (SSSR count). The summed E-state index contributed by atoms with van der Waals surface area (Å²) in [5, 5.41) is 9.10. The van der Waals surface area contributed by atoms with Gasteiger partial charge in [-0.25, -0.2) is 0 Å². The van der Waals surface area contributed by atoms with Gasteiger partial charge in [0.1, 0.15) is 11.7 Å². The molecule has 22 heavy (non-hydrogen) atoms. The Morgan fingerprint density at radius 3 is 2.77 bits per heavy atom. The van der Waals surface area contributed by atoms with Crippen molar-refractivity contribution in [3.63, 3.8) is 0 Å². The molecular formula is C18H21NO3. The van der Waals surface area contributed by atoms with Crippen LogP contribution in [-0.2, 0) is 4.79 Å². The summed E-state index contributed by atoms with van der Waals surface area (Å²) in [7, 11) is 1.64. The van der Waals surface area contributed by atoms with Gasteiger partial charge >= 0.3 is 0 Å². The largest absolute Gasteiger partial charge is 0.493 e. The Labute approximate surface area is 131 Å². The van der Waals surface area contributed by atoms with E-state index in [0.29, 0.717) is 18.8 Å². The molecule has 0 amide bonds. The Hall–Kier alpha value is -2.02. The molecule has 2 atom stereocenters. The smallest absolute Gasteiger partial charge is 0.161 e. The molecule has 1 aromatic rings. The first-order valence-electron chi connectivity index (χ1n) is 7.94. The van der Waals surface area contributed by atoms with Crippen molar-refractivity contribution in [3.8, 4) is 17.6 Å². The summed E-state index contributed by atoms with van der Waals surface area (Å²) in [5.41, 5.74) is 1.14. The molecule has 0 heterocycles. The molecule has 2 saturated carbocycles. The Morgan fingerprint density at radius 2 is 2.09 bits per heavy atom. The van der Waals surface area contributed by atoms with Crippen molar-refractivity contribution in [1.82, 2.24) is 0 Å². The van der Waals surface area contributed by atoms with E-state index in [2.05, 4.69) is 6.07 Å². The summed E-state index contributed by atoms with van der Waals surface area (Å²) in [4.78, 5) is 11.7. The van der Waals surface area contributed by atoms with Crippen LogP contribution in [0.4, 0.5) is 0 Å². The van der Waals surface area contributed by atoms with Gasteiger partial charge in [0.25, 0.3) is 0 Å². The minimum absolute atomic E-state index is 0.0810. The molecule has 0 aliphatic heterocycles. The molecule has 0 radical (unpaired) electrons. The number of Topliss-reactive ketones (excluding diaryl/α,β-unsaturated/α-hetero) is 1. The fraction of sp³-hybridized carbons (Fsp3) is 0.556. The Balaban J connectivity index is 1.76. The second kappa shape index (κ2) is 6.39. The van der Waals surface area contributed by atoms with Gasteiger partial charge in [-0.3, -0.25) is 4.79 Å². The topological polar surface area (TPSA) is 59.3 Å². The van der Waals surface area contributed by atoms with E-state index >= 15 is 0 Å². The number of nitrogens with zero attached hydrogens (tertiary/aromatic N) is 1. The monoisotopic (exact) mass is 299 g/mol.